The van der Waals surface area contributed by atoms with Crippen molar-refractivity contribution in [2.75, 3.05) is 53.1 Å². The molecule has 2 aliphatic heterocycles. The van der Waals surface area contributed by atoms with Crippen molar-refractivity contribution < 1.29 is 28.6 Å². The van der Waals surface area contributed by atoms with Crippen LogP contribution in [-0.2, 0) is 36.8 Å². The molecule has 2 N–H and O–H groups in total. The maximum Gasteiger partial charge on any atom is 0.314 e. The lowest BCUT2D eigenvalue weighted by Crippen LogP contribution is -2.46. The van der Waals surface area contributed by atoms with Crippen molar-refractivity contribution in [1.82, 2.24) is 20.5 Å². The minimum Gasteiger partial charge on any atom is -0.484 e. The molecule has 1 aromatic carbocycles. The summed E-state index contributed by atoms with van der Waals surface area (Å²) < 4.78 is 16.5. The Bertz CT molecular complexity index is 1070. The number of esters is 1. The van der Waals surface area contributed by atoms with Crippen LogP contribution in [0.25, 0.3) is 0 Å². The van der Waals surface area contributed by atoms with Gasteiger partial charge in [-0.25, -0.2) is 0 Å². The first kappa shape index (κ1) is 31.0. The lowest BCUT2D eigenvalue weighted by Gasteiger charge is -2.32. The van der Waals surface area contributed by atoms with Gasteiger partial charge in [-0.05, 0) is 69.0 Å². The summed E-state index contributed by atoms with van der Waals surface area (Å²) in [7, 11) is 1.59. The van der Waals surface area contributed by atoms with E-state index < -0.39 is 5.41 Å². The van der Waals surface area contributed by atoms with E-state index in [1.807, 2.05) is 30.3 Å². The molecule has 0 spiro atoms. The summed E-state index contributed by atoms with van der Waals surface area (Å²) in [5, 5.41) is 5.91. The molecule has 2 aromatic rings. The van der Waals surface area contributed by atoms with Crippen LogP contribution in [0.3, 0.4) is 0 Å². The first-order valence-electron chi connectivity index (χ1n) is 14.0. The molecule has 0 saturated heterocycles. The molecule has 40 heavy (non-hydrogen) atoms. The molecular formula is C30H42N4O6. The fraction of sp³-hybridized carbons (Fsp3) is 0.533. The van der Waals surface area contributed by atoms with Gasteiger partial charge in [0.2, 0.25) is 5.91 Å². The third-order valence-electron chi connectivity index (χ3n) is 6.92. The normalized spacial score (nSPS) is 20.1. The number of fused-ring (bicyclic) bond motifs is 17. The van der Waals surface area contributed by atoms with Gasteiger partial charge >= 0.3 is 5.97 Å². The molecule has 3 heterocycles. The van der Waals surface area contributed by atoms with Crippen LogP contribution in [0.1, 0.15) is 43.9 Å². The van der Waals surface area contributed by atoms with Crippen LogP contribution < -0.4 is 15.4 Å². The number of carbonyl (C=O) groups is 3. The van der Waals surface area contributed by atoms with E-state index in [4.69, 9.17) is 14.2 Å². The predicted molar refractivity (Wildman–Crippen MR) is 151 cm³/mol. The number of carbonyl (C=O) groups excluding carboxylic acids is 3. The highest BCUT2D eigenvalue weighted by Gasteiger charge is 2.40. The number of ether oxygens (including phenoxy) is 3. The van der Waals surface area contributed by atoms with Gasteiger partial charge in [0.1, 0.15) is 5.75 Å². The monoisotopic (exact) mass is 554 g/mol. The minimum atomic E-state index is -0.990. The summed E-state index contributed by atoms with van der Waals surface area (Å²) in [5.74, 6) is -0.114. The molecular weight excluding hydrogens is 512 g/mol. The highest BCUT2D eigenvalue weighted by molar-refractivity contribution is 5.80. The summed E-state index contributed by atoms with van der Waals surface area (Å²) >= 11 is 0. The third-order valence-corrected chi connectivity index (χ3v) is 6.92. The Balaban J connectivity index is 1.78. The zero-order valence-corrected chi connectivity index (χ0v) is 23.7. The Labute approximate surface area is 236 Å². The van der Waals surface area contributed by atoms with Crippen molar-refractivity contribution in [3.63, 3.8) is 0 Å². The average Bonchev–Trinajstić information content (AvgIpc) is 2.96. The Morgan fingerprint density at radius 2 is 1.88 bits per heavy atom. The minimum absolute atomic E-state index is 0.0797. The molecule has 0 radical (unpaired) electrons. The van der Waals surface area contributed by atoms with Crippen molar-refractivity contribution in [3.8, 4) is 5.75 Å². The number of rotatable bonds is 7. The molecule has 1 atom stereocenters. The SMILES string of the molecule is CCOC(=O)C1(CCOC)CNC(=O)CCCN(Cc2ccccn2)CCCNC(=O)COc2ccc(cc2)C1. The third kappa shape index (κ3) is 10.2. The molecule has 0 saturated carbocycles. The number of pyridine rings is 1. The standard InChI is InChI=1S/C30H42N4O6/c1-3-39-29(37)30(14-19-38-2)20-24-10-12-26(13-11-24)40-22-28(36)32-16-7-18-34(17-6-9-27(35)33-23-30)21-25-8-4-5-15-31-25/h4-5,8,10-13,15H,3,6-7,9,14,16-23H2,1-2H3,(H,32,36)(H,33,35). The van der Waals surface area contributed by atoms with Crippen LogP contribution in [0.4, 0.5) is 0 Å². The second kappa shape index (κ2) is 16.6. The molecule has 2 aliphatic rings. The number of hydrogen-bond donors (Lipinski definition) is 2. The van der Waals surface area contributed by atoms with Crippen LogP contribution >= 0.6 is 0 Å². The number of nitrogens with zero attached hydrogens (tertiary/aromatic N) is 2. The smallest absolute Gasteiger partial charge is 0.314 e. The first-order valence-corrected chi connectivity index (χ1v) is 14.0. The van der Waals surface area contributed by atoms with Gasteiger partial charge in [-0.3, -0.25) is 24.3 Å². The zero-order chi connectivity index (χ0) is 28.6. The van der Waals surface area contributed by atoms with Gasteiger partial charge in [0.05, 0.1) is 17.7 Å². The number of amides is 2. The lowest BCUT2D eigenvalue weighted by molar-refractivity contribution is -0.156. The highest BCUT2D eigenvalue weighted by atomic mass is 16.5. The maximum absolute atomic E-state index is 13.3. The topological polar surface area (TPSA) is 119 Å². The molecule has 218 valence electrons. The first-order chi connectivity index (χ1) is 19.4. The van der Waals surface area contributed by atoms with E-state index >= 15 is 0 Å². The van der Waals surface area contributed by atoms with Crippen molar-refractivity contribution >= 4 is 17.8 Å². The van der Waals surface area contributed by atoms with Gasteiger partial charge < -0.3 is 24.8 Å². The van der Waals surface area contributed by atoms with E-state index in [0.29, 0.717) is 57.7 Å². The molecule has 2 amide bonds. The van der Waals surface area contributed by atoms with E-state index in [9.17, 15) is 14.4 Å². The number of benzene rings is 1. The number of methoxy groups -OCH3 is 1. The van der Waals surface area contributed by atoms with Crippen LogP contribution in [0.15, 0.2) is 48.7 Å². The van der Waals surface area contributed by atoms with Gasteiger partial charge in [0.25, 0.3) is 5.91 Å². The molecule has 1 aromatic heterocycles. The van der Waals surface area contributed by atoms with Crippen LogP contribution in [0, 0.1) is 5.41 Å². The van der Waals surface area contributed by atoms with Crippen LogP contribution in [0.2, 0.25) is 0 Å². The van der Waals surface area contributed by atoms with Gasteiger partial charge in [-0.2, -0.15) is 0 Å². The largest absolute Gasteiger partial charge is 0.484 e. The Hall–Kier alpha value is -3.50. The van der Waals surface area contributed by atoms with E-state index in [1.165, 1.54) is 0 Å². The number of aromatic nitrogens is 1. The second-order valence-corrected chi connectivity index (χ2v) is 10.0. The second-order valence-electron chi connectivity index (χ2n) is 10.0. The molecule has 10 heteroatoms. The lowest BCUT2D eigenvalue weighted by atomic mass is 9.78. The summed E-state index contributed by atoms with van der Waals surface area (Å²) in [4.78, 5) is 45.2. The van der Waals surface area contributed by atoms with E-state index in [-0.39, 0.29) is 37.5 Å². The fourth-order valence-corrected chi connectivity index (χ4v) is 4.70. The van der Waals surface area contributed by atoms with Gasteiger partial charge in [-0.15, -0.1) is 0 Å². The van der Waals surface area contributed by atoms with Crippen molar-refractivity contribution in [2.45, 2.75) is 45.6 Å². The van der Waals surface area contributed by atoms with Crippen molar-refractivity contribution in [2.24, 2.45) is 5.41 Å². The summed E-state index contributed by atoms with van der Waals surface area (Å²) in [6, 6.07) is 13.1. The summed E-state index contributed by atoms with van der Waals surface area (Å²) in [6.07, 6.45) is 4.23. The quantitative estimate of drug-likeness (QED) is 0.501. The average molecular weight is 555 g/mol. The van der Waals surface area contributed by atoms with E-state index in [1.54, 1.807) is 32.4 Å². The molecule has 0 aliphatic carbocycles. The fourth-order valence-electron chi connectivity index (χ4n) is 4.70. The molecule has 4 rings (SSSR count). The number of nitrogens with one attached hydrogen (secondary N) is 2. The van der Waals surface area contributed by atoms with Gasteiger partial charge in [0.15, 0.2) is 6.61 Å². The Kier molecular flexibility index (Phi) is 12.9. The molecule has 10 nitrogen and oxygen atoms in total. The predicted octanol–water partition coefficient (Wildman–Crippen LogP) is 2.51. The van der Waals surface area contributed by atoms with Crippen LogP contribution in [-0.4, -0.2) is 80.8 Å². The molecule has 0 fully saturated rings. The highest BCUT2D eigenvalue weighted by Crippen LogP contribution is 2.30. The van der Waals surface area contributed by atoms with Gasteiger partial charge in [0, 0.05) is 52.5 Å². The van der Waals surface area contributed by atoms with E-state index in [0.717, 1.165) is 24.2 Å². The van der Waals surface area contributed by atoms with Crippen LogP contribution in [0.5, 0.6) is 5.75 Å². The Morgan fingerprint density at radius 1 is 1.07 bits per heavy atom. The Morgan fingerprint density at radius 3 is 2.60 bits per heavy atom. The number of hydrogen-bond acceptors (Lipinski definition) is 8. The molecule has 2 bridgehead atoms. The van der Waals surface area contributed by atoms with Gasteiger partial charge in [-0.1, -0.05) is 18.2 Å². The molecule has 1 unspecified atom stereocenters. The maximum atomic E-state index is 13.3. The van der Waals surface area contributed by atoms with Crippen molar-refractivity contribution in [3.05, 3.63) is 59.9 Å². The zero-order valence-electron chi connectivity index (χ0n) is 23.7. The van der Waals surface area contributed by atoms with E-state index in [2.05, 4.69) is 20.5 Å². The van der Waals surface area contributed by atoms with Crippen molar-refractivity contribution in [1.29, 1.82) is 0 Å². The summed E-state index contributed by atoms with van der Waals surface area (Å²) in [6.45, 7) is 5.02. The summed E-state index contributed by atoms with van der Waals surface area (Å²) in [5.41, 5.74) is 0.840.